The highest BCUT2D eigenvalue weighted by Gasteiger charge is 2.43. The number of allylic oxidation sites excluding steroid dienone is 1. The number of fused-ring (bicyclic) bond motifs is 3. The number of para-hydroxylation sites is 1. The first kappa shape index (κ1) is 80.5. The van der Waals surface area contributed by atoms with Crippen LogP contribution in [0.15, 0.2) is 139 Å². The maximum absolute atomic E-state index is 15.5. The largest absolute Gasteiger partial charge is 0.508 e. The third-order valence-corrected chi connectivity index (χ3v) is 23.9. The number of ketones is 5. The van der Waals surface area contributed by atoms with Gasteiger partial charge in [0.2, 0.25) is 17.7 Å². The van der Waals surface area contributed by atoms with Crippen molar-refractivity contribution in [3.8, 4) is 5.75 Å². The Morgan fingerprint density at radius 3 is 2.05 bits per heavy atom. The number of benzene rings is 4. The summed E-state index contributed by atoms with van der Waals surface area (Å²) in [4.78, 5) is 135. The number of hydrogen-bond acceptors (Lipinski definition) is 17. The van der Waals surface area contributed by atoms with Gasteiger partial charge in [-0.15, -0.1) is 0 Å². The van der Waals surface area contributed by atoms with Gasteiger partial charge in [0, 0.05) is 123 Å². The van der Waals surface area contributed by atoms with Gasteiger partial charge in [0.15, 0.2) is 38.9 Å². The van der Waals surface area contributed by atoms with Gasteiger partial charge in [-0.25, -0.2) is 8.42 Å². The second kappa shape index (κ2) is 38.6. The summed E-state index contributed by atoms with van der Waals surface area (Å²) >= 11 is 0. The van der Waals surface area contributed by atoms with Crippen LogP contribution in [0.25, 0.3) is 16.5 Å². The molecular weight excluding hydrogens is 1380 g/mol. The van der Waals surface area contributed by atoms with Crippen LogP contribution in [0.3, 0.4) is 0 Å². The van der Waals surface area contributed by atoms with E-state index >= 15 is 24.0 Å². The zero-order valence-electron chi connectivity index (χ0n) is 61.7. The van der Waals surface area contributed by atoms with Gasteiger partial charge in [0.25, 0.3) is 0 Å². The van der Waals surface area contributed by atoms with E-state index in [1.807, 2.05) is 42.5 Å². The molecule has 23 nitrogen and oxygen atoms in total. The third-order valence-electron chi connectivity index (χ3n) is 22.1. The Morgan fingerprint density at radius 2 is 1.32 bits per heavy atom. The van der Waals surface area contributed by atoms with Crippen LogP contribution in [0, 0.1) is 29.6 Å². The number of nitrogens with two attached hydrogens (primary N) is 3. The van der Waals surface area contributed by atoms with Crippen molar-refractivity contribution in [1.82, 2.24) is 36.1 Å². The zero-order chi connectivity index (χ0) is 76.2. The van der Waals surface area contributed by atoms with Gasteiger partial charge in [0.05, 0.1) is 35.7 Å². The Hall–Kier alpha value is -9.07. The number of phenolic OH excluding ortho intramolecular Hbond substituents is 1. The Labute approximate surface area is 627 Å². The number of nitrogens with one attached hydrogen (secondary N) is 5. The van der Waals surface area contributed by atoms with Gasteiger partial charge in [-0.05, 0) is 178 Å². The molecule has 12 atom stereocenters. The molecule has 0 saturated carbocycles. The number of H-pyrrole nitrogens is 1. The van der Waals surface area contributed by atoms with E-state index in [1.165, 1.54) is 41.3 Å². The minimum absolute atomic E-state index is 0.00155. The van der Waals surface area contributed by atoms with E-state index in [1.54, 1.807) is 55.0 Å². The van der Waals surface area contributed by atoms with Crippen LogP contribution in [0.2, 0.25) is 0 Å². The number of aliphatic imine (C=N–C) groups is 1. The number of piperidine rings is 1. The van der Waals surface area contributed by atoms with Crippen molar-refractivity contribution in [2.24, 2.45) is 51.8 Å². The molecule has 2 aromatic heterocycles. The SMILES string of the molecule is C[C@@H](O)[C@@H]1NC(=O)[C@H](CCCCN)CC(=O)[C@@H](Cc2c[nH]c3ccccc23)NC(=O)[C@H](Cc2ccncc2)CC(=O)[C@H](Cc2ccccc2)NC(=O)[C@H](CCCN=C(N)N)CC(=O)[C@H](NCCS(=O)(=O)C[C@@H]2C[C@@H]3c4cccc5c4C(=CC5)C[C@H]3N(C)C2)CCCCCC(=O)[C@H](Cc2ccc(O)cc2)CC1=O. The van der Waals surface area contributed by atoms with Crippen molar-refractivity contribution in [1.29, 1.82) is 0 Å². The number of carbonyl (C=O) groups is 8. The molecule has 2 aliphatic heterocycles. The molecule has 6 aromatic rings. The highest BCUT2D eigenvalue weighted by Crippen LogP contribution is 2.49. The Bertz CT molecular complexity index is 4240. The molecule has 4 heterocycles. The summed E-state index contributed by atoms with van der Waals surface area (Å²) in [5.74, 6) is -9.08. The number of likely N-dealkylation sites (tertiary alicyclic amines) is 1. The monoisotopic (exact) mass is 1480 g/mol. The topological polar surface area (TPSA) is 382 Å². The molecule has 0 spiro atoms. The second-order valence-electron chi connectivity index (χ2n) is 30.2. The smallest absolute Gasteiger partial charge is 0.224 e. The van der Waals surface area contributed by atoms with Gasteiger partial charge < -0.3 is 58.6 Å². The third kappa shape index (κ3) is 22.8. The van der Waals surface area contributed by atoms with E-state index in [0.717, 1.165) is 30.2 Å². The molecule has 2 fully saturated rings. The lowest BCUT2D eigenvalue weighted by Gasteiger charge is -2.46. The molecule has 13 N–H and O–H groups in total. The number of aromatic nitrogens is 2. The fourth-order valence-electron chi connectivity index (χ4n) is 16.4. The fourth-order valence-corrected chi connectivity index (χ4v) is 17.9. The predicted molar refractivity (Wildman–Crippen MR) is 413 cm³/mol. The number of guanidine groups is 1. The summed E-state index contributed by atoms with van der Waals surface area (Å²) < 4.78 is 28.8. The lowest BCUT2D eigenvalue weighted by molar-refractivity contribution is -0.136. The molecular formula is C83H107N11O12S. The summed E-state index contributed by atoms with van der Waals surface area (Å²) in [6, 6.07) is 27.9. The number of hydrogen-bond donors (Lipinski definition) is 10. The number of Topliss-reactive ketones (excluding diaryl/α,β-unsaturated/α-hetero) is 5. The molecule has 2 saturated heterocycles. The number of aromatic hydroxyl groups is 1. The molecule has 107 heavy (non-hydrogen) atoms. The van der Waals surface area contributed by atoms with Crippen LogP contribution in [-0.2, 0) is 80.3 Å². The fraction of sp³-hybridized carbons (Fsp3) is 0.494. The lowest BCUT2D eigenvalue weighted by Crippen LogP contribution is -2.51. The lowest BCUT2D eigenvalue weighted by atomic mass is 9.70. The summed E-state index contributed by atoms with van der Waals surface area (Å²) in [5, 5.41) is 34.5. The minimum Gasteiger partial charge on any atom is -0.508 e. The highest BCUT2D eigenvalue weighted by molar-refractivity contribution is 7.91. The molecule has 0 bridgehead atoms. The van der Waals surface area contributed by atoms with Crippen LogP contribution in [0.4, 0.5) is 0 Å². The summed E-state index contributed by atoms with van der Waals surface area (Å²) in [5.41, 5.74) is 26.2. The van der Waals surface area contributed by atoms with E-state index in [2.05, 4.69) is 72.5 Å². The first-order valence-corrected chi connectivity index (χ1v) is 40.0. The van der Waals surface area contributed by atoms with Gasteiger partial charge in [-0.3, -0.25) is 48.3 Å². The van der Waals surface area contributed by atoms with Crippen LogP contribution in [-0.4, -0.2) is 167 Å². The van der Waals surface area contributed by atoms with E-state index in [0.29, 0.717) is 60.9 Å². The average Bonchev–Trinajstić information content (AvgIpc) is 1.71. The molecule has 572 valence electrons. The molecule has 3 amide bonds. The van der Waals surface area contributed by atoms with E-state index in [-0.39, 0.29) is 137 Å². The average molecular weight is 1480 g/mol. The Balaban J connectivity index is 0.973. The first-order chi connectivity index (χ1) is 51.5. The Kier molecular flexibility index (Phi) is 29.1. The second-order valence-corrected chi connectivity index (χ2v) is 32.4. The first-order valence-electron chi connectivity index (χ1n) is 38.2. The summed E-state index contributed by atoms with van der Waals surface area (Å²) in [7, 11) is -1.63. The van der Waals surface area contributed by atoms with Gasteiger partial charge >= 0.3 is 0 Å². The van der Waals surface area contributed by atoms with Gasteiger partial charge in [-0.2, -0.15) is 0 Å². The molecule has 2 aliphatic carbocycles. The quantitative estimate of drug-likeness (QED) is 0.0172. The number of amides is 3. The standard InChI is InChI=1S/C83H107N11O12S/c1-52(95)79-77(101)47-61(39-54-25-29-64(96)30-26-54)73(97)24-8-4-7-23-69(88-37-38-107(105,106)51-56-41-67-66-21-13-18-57-27-28-58(78(57)66)44-72(67)94(2)50-56)74(98)45-60(19-14-34-89-83(85)86)80(102)91-70(42-53-15-5-3-6-16-53)76(100)48-62(40-55-31-35-87-36-32-55)82(104)92-71(43-63-49-90-68-22-10-9-20-65(63)68)75(99)46-59(81(103)93-79)17-11-12-33-84/h3,5-6,9-10,13,15-16,18,20-22,25-26,28-32,35-36,49,52,56,59-62,67,69-72,79,88,90,95-96H,4,7-8,11-12,14,17,19,23-24,27,33-34,37-48,50-51,84H2,1-2H3,(H,91,102)(H,92,104)(H,93,103)(H4,85,86,89)/t52-,56-,59-,60-,61-,62-,67-,69-,70+,71-,72-,79+/m1/s1. The number of unbranched alkanes of at least 4 members (excludes halogenated alkanes) is 1. The summed E-state index contributed by atoms with van der Waals surface area (Å²) in [6.45, 7) is 2.29. The number of aliphatic hydroxyl groups excluding tert-OH is 1. The number of rotatable bonds is 23. The van der Waals surface area contributed by atoms with Crippen LogP contribution in [0.1, 0.15) is 155 Å². The van der Waals surface area contributed by atoms with Crippen molar-refractivity contribution in [3.05, 3.63) is 173 Å². The number of sulfone groups is 1. The van der Waals surface area contributed by atoms with E-state index < -0.39 is 118 Å². The maximum Gasteiger partial charge on any atom is 0.224 e. The molecule has 0 unspecified atom stereocenters. The minimum atomic E-state index is -3.71. The van der Waals surface area contributed by atoms with Crippen molar-refractivity contribution in [3.63, 3.8) is 0 Å². The maximum atomic E-state index is 15.5. The number of phenols is 1. The van der Waals surface area contributed by atoms with Crippen LogP contribution in [0.5, 0.6) is 5.75 Å². The molecule has 24 heteroatoms. The number of carbonyl (C=O) groups excluding carboxylic acids is 8. The van der Waals surface area contributed by atoms with Crippen LogP contribution >= 0.6 is 0 Å². The van der Waals surface area contributed by atoms with Crippen molar-refractivity contribution < 1.29 is 57.0 Å². The number of likely N-dealkylation sites (N-methyl/N-ethyl adjacent to an activating group) is 1. The Morgan fingerprint density at radius 1 is 0.673 bits per heavy atom. The van der Waals surface area contributed by atoms with Crippen LogP contribution < -0.4 is 38.5 Å². The summed E-state index contributed by atoms with van der Waals surface area (Å²) in [6.07, 6.45) is 9.37. The highest BCUT2D eigenvalue weighted by atomic mass is 32.2. The van der Waals surface area contributed by atoms with E-state index in [4.69, 9.17) is 17.2 Å². The molecule has 4 aliphatic rings. The van der Waals surface area contributed by atoms with Crippen molar-refractivity contribution in [2.75, 3.05) is 44.7 Å². The van der Waals surface area contributed by atoms with Crippen molar-refractivity contribution in [2.45, 2.75) is 184 Å². The van der Waals surface area contributed by atoms with Crippen molar-refractivity contribution >= 4 is 78.9 Å². The predicted octanol–water partition coefficient (Wildman–Crippen LogP) is 7.21. The van der Waals surface area contributed by atoms with Gasteiger partial charge in [-0.1, -0.05) is 104 Å². The van der Waals surface area contributed by atoms with Gasteiger partial charge in [0.1, 0.15) is 17.6 Å². The number of aliphatic hydroxyl groups is 1. The number of pyridine rings is 1. The van der Waals surface area contributed by atoms with E-state index in [9.17, 15) is 33.0 Å². The molecule has 10 rings (SSSR count). The number of aromatic amines is 1. The number of nitrogens with zero attached hydrogens (tertiary/aromatic N) is 3. The normalized spacial score (nSPS) is 24.8. The zero-order valence-corrected chi connectivity index (χ0v) is 62.5. The molecule has 4 aromatic carbocycles. The molecule has 0 radical (unpaired) electrons.